The van der Waals surface area contributed by atoms with E-state index < -0.39 is 5.91 Å². The molecule has 1 aromatic heterocycles. The first-order valence-electron chi connectivity index (χ1n) is 9.59. The van der Waals surface area contributed by atoms with Gasteiger partial charge in [-0.05, 0) is 58.2 Å². The van der Waals surface area contributed by atoms with Crippen molar-refractivity contribution in [2.75, 3.05) is 12.4 Å². The Labute approximate surface area is 193 Å². The van der Waals surface area contributed by atoms with Gasteiger partial charge in [0.2, 0.25) is 0 Å². The van der Waals surface area contributed by atoms with E-state index >= 15 is 0 Å². The maximum atomic E-state index is 12.9. The summed E-state index contributed by atoms with van der Waals surface area (Å²) in [6, 6.07) is 14.3. The third-order valence-electron chi connectivity index (χ3n) is 4.58. The van der Waals surface area contributed by atoms with Crippen molar-refractivity contribution in [1.29, 1.82) is 0 Å². The zero-order valence-electron chi connectivity index (χ0n) is 17.4. The van der Waals surface area contributed by atoms with Crippen LogP contribution in [0.25, 0.3) is 0 Å². The highest BCUT2D eigenvalue weighted by Gasteiger charge is 2.19. The van der Waals surface area contributed by atoms with Gasteiger partial charge in [0.05, 0.1) is 17.1 Å². The number of primary amides is 1. The Morgan fingerprint density at radius 2 is 1.87 bits per heavy atom. The molecule has 0 saturated heterocycles. The van der Waals surface area contributed by atoms with Crippen LogP contribution in [0.2, 0.25) is 0 Å². The molecule has 3 rings (SSSR count). The van der Waals surface area contributed by atoms with Crippen LogP contribution in [0.4, 0.5) is 5.00 Å². The zero-order chi connectivity index (χ0) is 22.5. The Morgan fingerprint density at radius 3 is 2.52 bits per heavy atom. The fourth-order valence-electron chi connectivity index (χ4n) is 2.90. The molecule has 162 valence electrons. The van der Waals surface area contributed by atoms with Crippen molar-refractivity contribution < 1.29 is 19.1 Å². The molecule has 0 aliphatic heterocycles. The number of amides is 2. The van der Waals surface area contributed by atoms with Crippen LogP contribution in [-0.4, -0.2) is 18.9 Å². The zero-order valence-corrected chi connectivity index (χ0v) is 19.8. The van der Waals surface area contributed by atoms with Crippen LogP contribution in [0.5, 0.6) is 11.5 Å². The minimum absolute atomic E-state index is 0.218. The van der Waals surface area contributed by atoms with E-state index in [4.69, 9.17) is 15.2 Å². The van der Waals surface area contributed by atoms with Crippen molar-refractivity contribution in [3.8, 4) is 11.5 Å². The molecule has 8 heteroatoms. The average molecular weight is 503 g/mol. The highest BCUT2D eigenvalue weighted by atomic mass is 79.9. The SMILES string of the molecule is COc1ccc(C(=O)Nc2sc(C(C)C)cc2C(N)=O)cc1COc1ccccc1Br. The molecule has 0 radical (unpaired) electrons. The van der Waals surface area contributed by atoms with Crippen LogP contribution in [0.15, 0.2) is 53.0 Å². The number of benzene rings is 2. The average Bonchev–Trinajstić information content (AvgIpc) is 3.17. The Bertz CT molecular complexity index is 1110. The molecule has 0 fully saturated rings. The third kappa shape index (κ3) is 5.45. The van der Waals surface area contributed by atoms with Crippen molar-refractivity contribution in [2.24, 2.45) is 5.73 Å². The lowest BCUT2D eigenvalue weighted by Crippen LogP contribution is -2.16. The second kappa shape index (κ2) is 9.98. The van der Waals surface area contributed by atoms with Gasteiger partial charge in [-0.1, -0.05) is 26.0 Å². The summed E-state index contributed by atoms with van der Waals surface area (Å²) in [5.41, 5.74) is 6.94. The number of nitrogens with two attached hydrogens (primary N) is 1. The topological polar surface area (TPSA) is 90.6 Å². The van der Waals surface area contributed by atoms with Gasteiger partial charge in [-0.15, -0.1) is 11.3 Å². The second-order valence-electron chi connectivity index (χ2n) is 7.11. The summed E-state index contributed by atoms with van der Waals surface area (Å²) in [6.07, 6.45) is 0. The molecule has 0 atom stereocenters. The van der Waals surface area contributed by atoms with Crippen molar-refractivity contribution in [3.05, 3.63) is 74.6 Å². The molecule has 0 bridgehead atoms. The molecular weight excluding hydrogens is 480 g/mol. The monoisotopic (exact) mass is 502 g/mol. The van der Waals surface area contributed by atoms with Gasteiger partial charge >= 0.3 is 0 Å². The second-order valence-corrected chi connectivity index (χ2v) is 9.05. The lowest BCUT2D eigenvalue weighted by atomic mass is 10.1. The number of thiophene rings is 1. The normalized spacial score (nSPS) is 10.7. The highest BCUT2D eigenvalue weighted by Crippen LogP contribution is 2.33. The molecule has 0 spiro atoms. The number of nitrogens with one attached hydrogen (secondary N) is 1. The Hall–Kier alpha value is -2.84. The van der Waals surface area contributed by atoms with E-state index in [1.165, 1.54) is 11.3 Å². The van der Waals surface area contributed by atoms with Crippen LogP contribution in [-0.2, 0) is 6.61 Å². The van der Waals surface area contributed by atoms with Crippen LogP contribution < -0.4 is 20.5 Å². The predicted octanol–water partition coefficient (Wildman–Crippen LogP) is 5.57. The molecule has 0 unspecified atom stereocenters. The summed E-state index contributed by atoms with van der Waals surface area (Å²) < 4.78 is 12.1. The first kappa shape index (κ1) is 22.8. The number of rotatable bonds is 8. The minimum Gasteiger partial charge on any atom is -0.496 e. The van der Waals surface area contributed by atoms with Crippen LogP contribution in [0.3, 0.4) is 0 Å². The quantitative estimate of drug-likeness (QED) is 0.420. The molecule has 0 aliphatic carbocycles. The van der Waals surface area contributed by atoms with Gasteiger partial charge < -0.3 is 20.5 Å². The van der Waals surface area contributed by atoms with Gasteiger partial charge in [0.25, 0.3) is 11.8 Å². The lowest BCUT2D eigenvalue weighted by Gasteiger charge is -2.13. The fraction of sp³-hybridized carbons (Fsp3) is 0.217. The lowest BCUT2D eigenvalue weighted by molar-refractivity contribution is 0.100. The molecular formula is C23H23BrN2O4S. The summed E-state index contributed by atoms with van der Waals surface area (Å²) >= 11 is 4.81. The van der Waals surface area contributed by atoms with E-state index in [9.17, 15) is 9.59 Å². The fourth-order valence-corrected chi connectivity index (χ4v) is 4.36. The van der Waals surface area contributed by atoms with Gasteiger partial charge in [0.1, 0.15) is 23.1 Å². The summed E-state index contributed by atoms with van der Waals surface area (Å²) in [4.78, 5) is 25.7. The van der Waals surface area contributed by atoms with Gasteiger partial charge in [-0.25, -0.2) is 0 Å². The van der Waals surface area contributed by atoms with Gasteiger partial charge in [-0.2, -0.15) is 0 Å². The predicted molar refractivity (Wildman–Crippen MR) is 126 cm³/mol. The van der Waals surface area contributed by atoms with E-state index in [1.807, 2.05) is 38.1 Å². The van der Waals surface area contributed by atoms with E-state index in [0.29, 0.717) is 27.6 Å². The largest absolute Gasteiger partial charge is 0.496 e. The van der Waals surface area contributed by atoms with Crippen LogP contribution >= 0.6 is 27.3 Å². The Balaban J connectivity index is 1.83. The number of para-hydroxylation sites is 1. The number of halogens is 1. The summed E-state index contributed by atoms with van der Waals surface area (Å²) in [7, 11) is 1.56. The molecule has 2 amide bonds. The number of carbonyl (C=O) groups is 2. The third-order valence-corrected chi connectivity index (χ3v) is 6.58. The molecule has 0 aliphatic rings. The summed E-state index contributed by atoms with van der Waals surface area (Å²) in [5.74, 6) is 0.598. The molecule has 3 aromatic rings. The maximum Gasteiger partial charge on any atom is 0.256 e. The van der Waals surface area contributed by atoms with Gasteiger partial charge in [-0.3, -0.25) is 9.59 Å². The smallest absolute Gasteiger partial charge is 0.256 e. The number of hydrogen-bond acceptors (Lipinski definition) is 5. The van der Waals surface area contributed by atoms with Crippen molar-refractivity contribution in [3.63, 3.8) is 0 Å². The van der Waals surface area contributed by atoms with Crippen molar-refractivity contribution in [2.45, 2.75) is 26.4 Å². The standard InChI is InChI=1S/C23H23BrN2O4S/c1-13(2)20-11-16(21(25)27)23(31-20)26-22(28)14-8-9-18(29-3)15(10-14)12-30-19-7-5-4-6-17(19)24/h4-11,13H,12H2,1-3H3,(H2,25,27)(H,26,28). The van der Waals surface area contributed by atoms with Crippen LogP contribution in [0.1, 0.15) is 50.9 Å². The number of methoxy groups -OCH3 is 1. The van der Waals surface area contributed by atoms with Gasteiger partial charge in [0, 0.05) is 16.0 Å². The molecule has 31 heavy (non-hydrogen) atoms. The van der Waals surface area contributed by atoms with E-state index in [0.717, 1.165) is 14.9 Å². The number of hydrogen-bond donors (Lipinski definition) is 2. The molecule has 2 aromatic carbocycles. The first-order valence-corrected chi connectivity index (χ1v) is 11.2. The summed E-state index contributed by atoms with van der Waals surface area (Å²) in [5, 5.41) is 3.27. The highest BCUT2D eigenvalue weighted by molar-refractivity contribution is 9.10. The Morgan fingerprint density at radius 1 is 1.13 bits per heavy atom. The molecule has 6 nitrogen and oxygen atoms in total. The van der Waals surface area contributed by atoms with E-state index in [-0.39, 0.29) is 18.4 Å². The summed E-state index contributed by atoms with van der Waals surface area (Å²) in [6.45, 7) is 4.25. The molecule has 3 N–H and O–H groups in total. The van der Waals surface area contributed by atoms with E-state index in [1.54, 1.807) is 31.4 Å². The molecule has 0 saturated carbocycles. The molecule has 1 heterocycles. The van der Waals surface area contributed by atoms with Crippen molar-refractivity contribution >= 4 is 44.1 Å². The minimum atomic E-state index is -0.573. The number of anilines is 1. The van der Waals surface area contributed by atoms with Crippen LogP contribution in [0, 0.1) is 0 Å². The number of ether oxygens (including phenoxy) is 2. The van der Waals surface area contributed by atoms with Crippen molar-refractivity contribution in [1.82, 2.24) is 0 Å². The van der Waals surface area contributed by atoms with E-state index in [2.05, 4.69) is 21.2 Å². The van der Waals surface area contributed by atoms with Gasteiger partial charge in [0.15, 0.2) is 0 Å². The maximum absolute atomic E-state index is 12.9. The first-order chi connectivity index (χ1) is 14.8. The number of carbonyl (C=O) groups excluding carboxylic acids is 2. The Kier molecular flexibility index (Phi) is 7.35.